The smallest absolute Gasteiger partial charge is 0.330 e. The van der Waals surface area contributed by atoms with Gasteiger partial charge in [0.2, 0.25) is 0 Å². The summed E-state index contributed by atoms with van der Waals surface area (Å²) in [6.07, 6.45) is 3.05. The summed E-state index contributed by atoms with van der Waals surface area (Å²) in [5.41, 5.74) is 3.15. The monoisotopic (exact) mass is 326 g/mol. The number of carbonyl (C=O) groups is 1. The molecular weight excluding hydrogens is 304 g/mol. The lowest BCUT2D eigenvalue weighted by atomic mass is 10.1. The van der Waals surface area contributed by atoms with Crippen LogP contribution in [-0.2, 0) is 16.1 Å². The molecule has 2 aromatic rings. The number of hydrogen-bond acceptors (Lipinski definition) is 4. The number of ether oxygens (including phenoxy) is 3. The van der Waals surface area contributed by atoms with Crippen LogP contribution in [0.5, 0.6) is 11.5 Å². The normalized spacial score (nSPS) is 10.6. The first-order valence-electron chi connectivity index (χ1n) is 7.83. The highest BCUT2D eigenvalue weighted by atomic mass is 16.5. The number of benzene rings is 2. The summed E-state index contributed by atoms with van der Waals surface area (Å²) >= 11 is 0. The van der Waals surface area contributed by atoms with E-state index in [9.17, 15) is 4.79 Å². The SMILES string of the molecule is CCOc1cc(/C=C/C(=O)OC)ccc1OCc1ccc(C)cc1. The van der Waals surface area contributed by atoms with Crippen LogP contribution in [0.1, 0.15) is 23.6 Å². The summed E-state index contributed by atoms with van der Waals surface area (Å²) in [4.78, 5) is 11.2. The Morgan fingerprint density at radius 1 is 1.04 bits per heavy atom. The van der Waals surface area contributed by atoms with Gasteiger partial charge in [-0.2, -0.15) is 0 Å². The van der Waals surface area contributed by atoms with Crippen LogP contribution in [0.4, 0.5) is 0 Å². The van der Waals surface area contributed by atoms with Gasteiger partial charge in [0.25, 0.3) is 0 Å². The summed E-state index contributed by atoms with van der Waals surface area (Å²) < 4.78 is 16.1. The summed E-state index contributed by atoms with van der Waals surface area (Å²) in [6, 6.07) is 13.8. The van der Waals surface area contributed by atoms with Crippen LogP contribution in [-0.4, -0.2) is 19.7 Å². The molecule has 4 nitrogen and oxygen atoms in total. The zero-order valence-corrected chi connectivity index (χ0v) is 14.2. The highest BCUT2D eigenvalue weighted by Gasteiger charge is 2.06. The minimum absolute atomic E-state index is 0.396. The van der Waals surface area contributed by atoms with Crippen LogP contribution in [0.2, 0.25) is 0 Å². The van der Waals surface area contributed by atoms with Gasteiger partial charge in [0, 0.05) is 6.08 Å². The van der Waals surface area contributed by atoms with Crippen LogP contribution in [0, 0.1) is 6.92 Å². The maximum Gasteiger partial charge on any atom is 0.330 e. The molecule has 0 amide bonds. The fourth-order valence-corrected chi connectivity index (χ4v) is 2.09. The molecule has 0 bridgehead atoms. The molecule has 0 radical (unpaired) electrons. The Labute approximate surface area is 142 Å². The lowest BCUT2D eigenvalue weighted by Gasteiger charge is -2.13. The second kappa shape index (κ2) is 8.77. The predicted molar refractivity (Wildman–Crippen MR) is 94.2 cm³/mol. The van der Waals surface area contributed by atoms with Gasteiger partial charge in [0.1, 0.15) is 6.61 Å². The fraction of sp³-hybridized carbons (Fsp3) is 0.250. The maximum atomic E-state index is 11.2. The van der Waals surface area contributed by atoms with E-state index in [0.717, 1.165) is 11.1 Å². The Balaban J connectivity index is 2.12. The van der Waals surface area contributed by atoms with Crippen molar-refractivity contribution in [3.05, 3.63) is 65.2 Å². The van der Waals surface area contributed by atoms with Gasteiger partial charge >= 0.3 is 5.97 Å². The molecule has 0 aliphatic heterocycles. The molecule has 0 heterocycles. The highest BCUT2D eigenvalue weighted by Crippen LogP contribution is 2.29. The quantitative estimate of drug-likeness (QED) is 0.566. The third-order valence-corrected chi connectivity index (χ3v) is 3.40. The van der Waals surface area contributed by atoms with Gasteiger partial charge in [0.15, 0.2) is 11.5 Å². The molecule has 0 aromatic heterocycles. The van der Waals surface area contributed by atoms with Crippen molar-refractivity contribution in [1.82, 2.24) is 0 Å². The van der Waals surface area contributed by atoms with E-state index < -0.39 is 5.97 Å². The Morgan fingerprint density at radius 3 is 2.46 bits per heavy atom. The van der Waals surface area contributed by atoms with Crippen molar-refractivity contribution >= 4 is 12.0 Å². The fourth-order valence-electron chi connectivity index (χ4n) is 2.09. The number of carbonyl (C=O) groups excluding carboxylic acids is 1. The minimum atomic E-state index is -0.396. The largest absolute Gasteiger partial charge is 0.490 e. The van der Waals surface area contributed by atoms with Gasteiger partial charge in [0.05, 0.1) is 13.7 Å². The minimum Gasteiger partial charge on any atom is -0.490 e. The summed E-state index contributed by atoms with van der Waals surface area (Å²) in [6.45, 7) is 4.97. The van der Waals surface area contributed by atoms with E-state index in [1.807, 2.05) is 37.3 Å². The van der Waals surface area contributed by atoms with E-state index >= 15 is 0 Å². The molecule has 0 aliphatic rings. The zero-order valence-electron chi connectivity index (χ0n) is 14.2. The van der Waals surface area contributed by atoms with Crippen molar-refractivity contribution in [2.75, 3.05) is 13.7 Å². The molecule has 0 saturated carbocycles. The number of esters is 1. The van der Waals surface area contributed by atoms with Crippen molar-refractivity contribution in [3.8, 4) is 11.5 Å². The molecule has 2 rings (SSSR count). The third kappa shape index (κ3) is 5.16. The Kier molecular flexibility index (Phi) is 6.43. The molecule has 0 aliphatic carbocycles. The Bertz CT molecular complexity index is 702. The van der Waals surface area contributed by atoms with Gasteiger partial charge in [-0.15, -0.1) is 0 Å². The van der Waals surface area contributed by atoms with E-state index in [1.54, 1.807) is 6.08 Å². The molecule has 126 valence electrons. The van der Waals surface area contributed by atoms with E-state index in [-0.39, 0.29) is 0 Å². The molecule has 4 heteroatoms. The van der Waals surface area contributed by atoms with Gasteiger partial charge in [-0.25, -0.2) is 4.79 Å². The van der Waals surface area contributed by atoms with Gasteiger partial charge in [-0.1, -0.05) is 35.9 Å². The molecule has 0 fully saturated rings. The second-order valence-electron chi connectivity index (χ2n) is 5.27. The Morgan fingerprint density at radius 2 is 1.79 bits per heavy atom. The molecule has 24 heavy (non-hydrogen) atoms. The maximum absolute atomic E-state index is 11.2. The Hall–Kier alpha value is -2.75. The van der Waals surface area contributed by atoms with Crippen molar-refractivity contribution in [1.29, 1.82) is 0 Å². The number of hydrogen-bond donors (Lipinski definition) is 0. The lowest BCUT2D eigenvalue weighted by Crippen LogP contribution is -2.00. The van der Waals surface area contributed by atoms with E-state index in [4.69, 9.17) is 9.47 Å². The van der Waals surface area contributed by atoms with Crippen LogP contribution in [0.15, 0.2) is 48.5 Å². The first kappa shape index (κ1) is 17.6. The number of rotatable bonds is 7. The number of methoxy groups -OCH3 is 1. The zero-order chi connectivity index (χ0) is 17.4. The van der Waals surface area contributed by atoms with E-state index in [0.29, 0.717) is 24.7 Å². The average Bonchev–Trinajstić information content (AvgIpc) is 2.60. The summed E-state index contributed by atoms with van der Waals surface area (Å²) in [7, 11) is 1.35. The molecule has 0 atom stereocenters. The summed E-state index contributed by atoms with van der Waals surface area (Å²) in [5, 5.41) is 0. The van der Waals surface area contributed by atoms with Gasteiger partial charge in [-0.05, 0) is 43.2 Å². The lowest BCUT2D eigenvalue weighted by molar-refractivity contribution is -0.134. The molecule has 2 aromatic carbocycles. The first-order valence-corrected chi connectivity index (χ1v) is 7.83. The molecule has 0 saturated heterocycles. The highest BCUT2D eigenvalue weighted by molar-refractivity contribution is 5.87. The molecule has 0 unspecified atom stereocenters. The topological polar surface area (TPSA) is 44.8 Å². The molecule has 0 N–H and O–H groups in total. The van der Waals surface area contributed by atoms with E-state index in [2.05, 4.69) is 23.8 Å². The molecule has 0 spiro atoms. The third-order valence-electron chi connectivity index (χ3n) is 3.40. The standard InChI is InChI=1S/C20H22O4/c1-4-23-19-13-16(10-12-20(21)22-3)9-11-18(19)24-14-17-7-5-15(2)6-8-17/h5-13H,4,14H2,1-3H3/b12-10+. The first-order chi connectivity index (χ1) is 11.6. The molecular formula is C20H22O4. The van der Waals surface area contributed by atoms with Gasteiger partial charge < -0.3 is 14.2 Å². The number of aryl methyl sites for hydroxylation is 1. The van der Waals surface area contributed by atoms with Crippen molar-refractivity contribution in [2.45, 2.75) is 20.5 Å². The van der Waals surface area contributed by atoms with Crippen LogP contribution < -0.4 is 9.47 Å². The average molecular weight is 326 g/mol. The predicted octanol–water partition coefficient (Wildman–Crippen LogP) is 4.16. The van der Waals surface area contributed by atoms with Gasteiger partial charge in [-0.3, -0.25) is 0 Å². The van der Waals surface area contributed by atoms with Crippen LogP contribution in [0.3, 0.4) is 0 Å². The van der Waals surface area contributed by atoms with Crippen LogP contribution in [0.25, 0.3) is 6.08 Å². The van der Waals surface area contributed by atoms with E-state index in [1.165, 1.54) is 18.7 Å². The van der Waals surface area contributed by atoms with Crippen LogP contribution >= 0.6 is 0 Å². The van der Waals surface area contributed by atoms with Crippen molar-refractivity contribution in [2.24, 2.45) is 0 Å². The van der Waals surface area contributed by atoms with Crippen molar-refractivity contribution < 1.29 is 19.0 Å². The second-order valence-corrected chi connectivity index (χ2v) is 5.27. The van der Waals surface area contributed by atoms with Crippen molar-refractivity contribution in [3.63, 3.8) is 0 Å². The summed E-state index contributed by atoms with van der Waals surface area (Å²) in [5.74, 6) is 0.928.